The number of aromatic nitrogens is 2. The second kappa shape index (κ2) is 11.5. The predicted molar refractivity (Wildman–Crippen MR) is 140 cm³/mol. The summed E-state index contributed by atoms with van der Waals surface area (Å²) < 4.78 is 0. The fourth-order valence-electron chi connectivity index (χ4n) is 4.85. The summed E-state index contributed by atoms with van der Waals surface area (Å²) >= 11 is 6.42. The number of nitrogens with one attached hydrogen (secondary N) is 3. The number of halogens is 1. The molecule has 2 aliphatic rings. The average molecular weight is 497 g/mol. The first-order chi connectivity index (χ1) is 17.0. The normalized spacial score (nSPS) is 18.2. The van der Waals surface area contributed by atoms with Gasteiger partial charge in [0.2, 0.25) is 17.8 Å². The maximum Gasteiger partial charge on any atom is 0.247 e. The maximum atomic E-state index is 12.1. The van der Waals surface area contributed by atoms with Crippen molar-refractivity contribution < 1.29 is 9.59 Å². The van der Waals surface area contributed by atoms with Crippen LogP contribution in [0.2, 0.25) is 5.02 Å². The Hall–Kier alpha value is -3.13. The van der Waals surface area contributed by atoms with Crippen LogP contribution >= 0.6 is 11.6 Å². The molecular weight excluding hydrogens is 464 g/mol. The first kappa shape index (κ1) is 25.0. The zero-order chi connectivity index (χ0) is 24.8. The standard InChI is InChI=1S/C26H33ClN6O2/c1-3-23(34)30-22-14-18(17-8-5-6-9-17)11-12-21(22)31-25-20(27)15-28-26(32-25)29-19-10-7-13-33(16-19)24(35)4-2/h3,11-12,14-15,17,19H,1,4-10,13,16H2,2H3,(H,30,34)(H2,28,29,31,32)/t19-/m0/s1. The number of hydrogen-bond acceptors (Lipinski definition) is 6. The number of amides is 2. The number of anilines is 4. The van der Waals surface area contributed by atoms with Crippen LogP contribution in [-0.2, 0) is 9.59 Å². The topological polar surface area (TPSA) is 99.2 Å². The number of carbonyl (C=O) groups excluding carboxylic acids is 2. The number of rotatable bonds is 8. The van der Waals surface area contributed by atoms with Gasteiger partial charge in [0, 0.05) is 25.6 Å². The van der Waals surface area contributed by atoms with Crippen LogP contribution in [0.3, 0.4) is 0 Å². The smallest absolute Gasteiger partial charge is 0.247 e. The molecule has 1 aliphatic carbocycles. The Kier molecular flexibility index (Phi) is 8.23. The van der Waals surface area contributed by atoms with E-state index in [1.54, 1.807) is 6.20 Å². The fraction of sp³-hybridized carbons (Fsp3) is 0.462. The van der Waals surface area contributed by atoms with E-state index in [4.69, 9.17) is 11.6 Å². The lowest BCUT2D eigenvalue weighted by molar-refractivity contribution is -0.131. The van der Waals surface area contributed by atoms with Crippen molar-refractivity contribution in [3.05, 3.63) is 47.6 Å². The van der Waals surface area contributed by atoms with E-state index in [0.29, 0.717) is 47.0 Å². The molecule has 2 amide bonds. The maximum absolute atomic E-state index is 12.1. The molecule has 1 atom stereocenters. The Balaban J connectivity index is 1.53. The molecule has 9 heteroatoms. The Bertz CT molecular complexity index is 1090. The largest absolute Gasteiger partial charge is 0.350 e. The van der Waals surface area contributed by atoms with Gasteiger partial charge in [-0.3, -0.25) is 9.59 Å². The van der Waals surface area contributed by atoms with Crippen LogP contribution in [0.4, 0.5) is 23.1 Å². The third-order valence-corrected chi connectivity index (χ3v) is 7.00. The second-order valence-electron chi connectivity index (χ2n) is 9.17. The Morgan fingerprint density at radius 2 is 2.00 bits per heavy atom. The SMILES string of the molecule is C=CC(=O)Nc1cc(C2CCCC2)ccc1Nc1nc(N[C@H]2CCCN(C(=O)CC)C2)ncc1Cl. The predicted octanol–water partition coefficient (Wildman–Crippen LogP) is 5.47. The Morgan fingerprint density at radius 1 is 1.20 bits per heavy atom. The highest BCUT2D eigenvalue weighted by molar-refractivity contribution is 6.33. The molecule has 2 aromatic rings. The summed E-state index contributed by atoms with van der Waals surface area (Å²) in [7, 11) is 0. The molecule has 1 saturated heterocycles. The third-order valence-electron chi connectivity index (χ3n) is 6.72. The van der Waals surface area contributed by atoms with Crippen molar-refractivity contribution in [2.24, 2.45) is 0 Å². The summed E-state index contributed by atoms with van der Waals surface area (Å²) in [5, 5.41) is 9.88. The highest BCUT2D eigenvalue weighted by Gasteiger charge is 2.24. The molecule has 4 rings (SSSR count). The quantitative estimate of drug-likeness (QED) is 0.419. The second-order valence-corrected chi connectivity index (χ2v) is 9.58. The molecule has 0 spiro atoms. The van der Waals surface area contributed by atoms with Crippen LogP contribution in [-0.4, -0.2) is 45.8 Å². The number of nitrogens with zero attached hydrogens (tertiary/aromatic N) is 3. The van der Waals surface area contributed by atoms with Gasteiger partial charge in [0.15, 0.2) is 5.82 Å². The van der Waals surface area contributed by atoms with Crippen LogP contribution in [0.5, 0.6) is 0 Å². The highest BCUT2D eigenvalue weighted by Crippen LogP contribution is 2.38. The summed E-state index contributed by atoms with van der Waals surface area (Å²) in [6.45, 7) is 6.86. The molecule has 186 valence electrons. The molecule has 1 aliphatic heterocycles. The Labute approximate surface area is 211 Å². The Morgan fingerprint density at radius 3 is 2.74 bits per heavy atom. The highest BCUT2D eigenvalue weighted by atomic mass is 35.5. The average Bonchev–Trinajstić information content (AvgIpc) is 3.41. The molecule has 0 unspecified atom stereocenters. The molecule has 3 N–H and O–H groups in total. The van der Waals surface area contributed by atoms with Crippen molar-refractivity contribution in [1.82, 2.24) is 14.9 Å². The van der Waals surface area contributed by atoms with Crippen LogP contribution in [0.1, 0.15) is 63.4 Å². The zero-order valence-corrected chi connectivity index (χ0v) is 20.9. The van der Waals surface area contributed by atoms with Crippen molar-refractivity contribution in [1.29, 1.82) is 0 Å². The van der Waals surface area contributed by atoms with Crippen molar-refractivity contribution in [2.75, 3.05) is 29.0 Å². The molecule has 0 bridgehead atoms. The summed E-state index contributed by atoms with van der Waals surface area (Å²) in [6.07, 6.45) is 9.96. The van der Waals surface area contributed by atoms with Crippen LogP contribution in [0.15, 0.2) is 37.1 Å². The lowest BCUT2D eigenvalue weighted by Crippen LogP contribution is -2.45. The van der Waals surface area contributed by atoms with Gasteiger partial charge >= 0.3 is 0 Å². The van der Waals surface area contributed by atoms with Gasteiger partial charge in [-0.1, -0.05) is 44.0 Å². The number of hydrogen-bond donors (Lipinski definition) is 3. The number of likely N-dealkylation sites (tertiary alicyclic amines) is 1. The minimum Gasteiger partial charge on any atom is -0.350 e. The summed E-state index contributed by atoms with van der Waals surface area (Å²) in [5.41, 5.74) is 2.56. The van der Waals surface area contributed by atoms with Crippen LogP contribution in [0.25, 0.3) is 0 Å². The van der Waals surface area contributed by atoms with Crippen molar-refractivity contribution in [3.8, 4) is 0 Å². The van der Waals surface area contributed by atoms with Gasteiger partial charge in [0.25, 0.3) is 0 Å². The van der Waals surface area contributed by atoms with E-state index in [1.807, 2.05) is 24.0 Å². The van der Waals surface area contributed by atoms with Gasteiger partial charge in [-0.2, -0.15) is 4.98 Å². The van der Waals surface area contributed by atoms with Crippen molar-refractivity contribution in [2.45, 2.75) is 63.8 Å². The minimum atomic E-state index is -0.281. The van der Waals surface area contributed by atoms with Crippen LogP contribution in [0, 0.1) is 0 Å². The first-order valence-corrected chi connectivity index (χ1v) is 12.8. The molecule has 1 saturated carbocycles. The minimum absolute atomic E-state index is 0.0708. The number of piperidine rings is 1. The van der Waals surface area contributed by atoms with Gasteiger partial charge in [-0.15, -0.1) is 0 Å². The molecule has 8 nitrogen and oxygen atoms in total. The molecule has 2 fully saturated rings. The summed E-state index contributed by atoms with van der Waals surface area (Å²) in [4.78, 5) is 35.0. The lowest BCUT2D eigenvalue weighted by atomic mass is 9.96. The van der Waals surface area contributed by atoms with E-state index in [9.17, 15) is 9.59 Å². The van der Waals surface area contributed by atoms with Gasteiger partial charge in [-0.25, -0.2) is 4.98 Å². The van der Waals surface area contributed by atoms with Gasteiger partial charge in [-0.05, 0) is 55.4 Å². The lowest BCUT2D eigenvalue weighted by Gasteiger charge is -2.33. The van der Waals surface area contributed by atoms with E-state index in [1.165, 1.54) is 24.5 Å². The number of benzene rings is 1. The molecule has 35 heavy (non-hydrogen) atoms. The van der Waals surface area contributed by atoms with Crippen molar-refractivity contribution >= 4 is 46.6 Å². The van der Waals surface area contributed by atoms with Gasteiger partial charge < -0.3 is 20.9 Å². The van der Waals surface area contributed by atoms with Gasteiger partial charge in [0.1, 0.15) is 5.02 Å². The zero-order valence-electron chi connectivity index (χ0n) is 20.1. The fourth-order valence-corrected chi connectivity index (χ4v) is 4.99. The third kappa shape index (κ3) is 6.31. The monoisotopic (exact) mass is 496 g/mol. The molecule has 1 aromatic carbocycles. The van der Waals surface area contributed by atoms with E-state index >= 15 is 0 Å². The molecular formula is C26H33ClN6O2. The van der Waals surface area contributed by atoms with Gasteiger partial charge in [0.05, 0.1) is 17.6 Å². The van der Waals surface area contributed by atoms with Crippen LogP contribution < -0.4 is 16.0 Å². The molecule has 2 heterocycles. The van der Waals surface area contributed by atoms with Crippen molar-refractivity contribution in [3.63, 3.8) is 0 Å². The molecule has 1 aromatic heterocycles. The first-order valence-electron chi connectivity index (χ1n) is 12.4. The summed E-state index contributed by atoms with van der Waals surface area (Å²) in [5.74, 6) is 1.26. The van der Waals surface area contributed by atoms with E-state index in [2.05, 4.69) is 38.6 Å². The molecule has 0 radical (unpaired) electrons. The van der Waals surface area contributed by atoms with E-state index in [0.717, 1.165) is 32.2 Å². The van der Waals surface area contributed by atoms with E-state index in [-0.39, 0.29) is 17.9 Å². The number of carbonyl (C=O) groups is 2. The summed E-state index contributed by atoms with van der Waals surface area (Å²) in [6, 6.07) is 6.14. The van der Waals surface area contributed by atoms with E-state index < -0.39 is 0 Å².